The van der Waals surface area contributed by atoms with Crippen LogP contribution in [-0.4, -0.2) is 10.8 Å². The third-order valence-corrected chi connectivity index (χ3v) is 2.97. The second kappa shape index (κ2) is 4.81. The van der Waals surface area contributed by atoms with E-state index in [2.05, 4.69) is 4.98 Å². The maximum Gasteiger partial charge on any atom is 0.124 e. The summed E-state index contributed by atoms with van der Waals surface area (Å²) in [6, 6.07) is 13.7. The summed E-state index contributed by atoms with van der Waals surface area (Å²) in [6.45, 7) is 0. The Kier molecular flexibility index (Phi) is 3.22. The second-order valence-electron chi connectivity index (χ2n) is 3.21. The van der Waals surface area contributed by atoms with Crippen molar-refractivity contribution >= 4 is 17.6 Å². The minimum Gasteiger partial charge on any atom is -0.384 e. The Labute approximate surface area is 98.2 Å². The zero-order chi connectivity index (χ0) is 11.4. The zero-order valence-corrected chi connectivity index (χ0v) is 9.37. The highest BCUT2D eigenvalue weighted by Crippen LogP contribution is 2.25. The molecule has 3 nitrogen and oxygen atoms in total. The van der Waals surface area contributed by atoms with Crippen LogP contribution in [0.2, 0.25) is 0 Å². The van der Waals surface area contributed by atoms with Gasteiger partial charge in [0.05, 0.1) is 0 Å². The lowest BCUT2D eigenvalue weighted by molar-refractivity contribution is 1.12. The lowest BCUT2D eigenvalue weighted by atomic mass is 10.3. The summed E-state index contributed by atoms with van der Waals surface area (Å²) in [5.74, 6) is 0.0451. The van der Waals surface area contributed by atoms with E-state index >= 15 is 0 Å². The van der Waals surface area contributed by atoms with Gasteiger partial charge in [0, 0.05) is 16.7 Å². The van der Waals surface area contributed by atoms with Gasteiger partial charge in [-0.2, -0.15) is 0 Å². The van der Waals surface area contributed by atoms with Crippen molar-refractivity contribution in [2.75, 3.05) is 0 Å². The predicted octanol–water partition coefficient (Wildman–Crippen LogP) is 2.52. The molecule has 1 aromatic carbocycles. The maximum absolute atomic E-state index is 7.26. The summed E-state index contributed by atoms with van der Waals surface area (Å²) in [5.41, 5.74) is 6.00. The summed E-state index contributed by atoms with van der Waals surface area (Å²) in [6.07, 6.45) is 1.62. The molecule has 0 aliphatic heterocycles. The second-order valence-corrected chi connectivity index (χ2v) is 4.31. The molecule has 0 aliphatic carbocycles. The molecule has 2 rings (SSSR count). The fourth-order valence-corrected chi connectivity index (χ4v) is 1.99. The molecule has 0 amide bonds. The highest BCUT2D eigenvalue weighted by Gasteiger charge is 2.00. The van der Waals surface area contributed by atoms with Crippen molar-refractivity contribution in [2.24, 2.45) is 5.73 Å². The first-order valence-corrected chi connectivity index (χ1v) is 5.61. The van der Waals surface area contributed by atoms with Crippen LogP contribution < -0.4 is 5.73 Å². The average molecular weight is 229 g/mol. The number of nitrogens with two attached hydrogens (primary N) is 1. The van der Waals surface area contributed by atoms with Crippen LogP contribution in [-0.2, 0) is 0 Å². The standard InChI is InChI=1S/C12H11N3S/c13-12(14)9-6-7-11(15-8-9)16-10-4-2-1-3-5-10/h1-8H,(H3,13,14). The minimum absolute atomic E-state index is 0.0451. The van der Waals surface area contributed by atoms with Gasteiger partial charge in [0.2, 0.25) is 0 Å². The van der Waals surface area contributed by atoms with Crippen molar-refractivity contribution in [3.05, 3.63) is 54.2 Å². The molecule has 0 unspecified atom stereocenters. The van der Waals surface area contributed by atoms with Gasteiger partial charge in [0.25, 0.3) is 0 Å². The van der Waals surface area contributed by atoms with Crippen molar-refractivity contribution < 1.29 is 0 Å². The molecule has 0 bridgehead atoms. The highest BCUT2D eigenvalue weighted by atomic mass is 32.2. The largest absolute Gasteiger partial charge is 0.384 e. The van der Waals surface area contributed by atoms with E-state index in [-0.39, 0.29) is 5.84 Å². The number of aromatic nitrogens is 1. The van der Waals surface area contributed by atoms with E-state index < -0.39 is 0 Å². The van der Waals surface area contributed by atoms with Crippen LogP contribution in [0.5, 0.6) is 0 Å². The summed E-state index contributed by atoms with van der Waals surface area (Å²) < 4.78 is 0. The lowest BCUT2D eigenvalue weighted by Crippen LogP contribution is -2.10. The first kappa shape index (κ1) is 10.7. The number of nitrogens with one attached hydrogen (secondary N) is 1. The Hall–Kier alpha value is -1.81. The molecule has 2 aromatic rings. The molecular formula is C12H11N3S. The Morgan fingerprint density at radius 3 is 2.44 bits per heavy atom. The van der Waals surface area contributed by atoms with Gasteiger partial charge < -0.3 is 5.73 Å². The number of nitrogen functional groups attached to an aromatic ring is 1. The summed E-state index contributed by atoms with van der Waals surface area (Å²) in [7, 11) is 0. The SMILES string of the molecule is N=C(N)c1ccc(Sc2ccccc2)nc1. The van der Waals surface area contributed by atoms with E-state index in [1.54, 1.807) is 24.0 Å². The van der Waals surface area contributed by atoms with Gasteiger partial charge in [-0.15, -0.1) is 0 Å². The number of nitrogens with zero attached hydrogens (tertiary/aromatic N) is 1. The molecule has 16 heavy (non-hydrogen) atoms. The molecule has 1 aromatic heterocycles. The maximum atomic E-state index is 7.26. The van der Waals surface area contributed by atoms with Crippen LogP contribution in [0.4, 0.5) is 0 Å². The van der Waals surface area contributed by atoms with E-state index in [4.69, 9.17) is 11.1 Å². The number of benzene rings is 1. The molecule has 80 valence electrons. The zero-order valence-electron chi connectivity index (χ0n) is 8.55. The number of pyridine rings is 1. The number of amidine groups is 1. The van der Waals surface area contributed by atoms with E-state index in [9.17, 15) is 0 Å². The van der Waals surface area contributed by atoms with Gasteiger partial charge in [-0.3, -0.25) is 5.41 Å². The summed E-state index contributed by atoms with van der Waals surface area (Å²) in [4.78, 5) is 5.38. The Balaban J connectivity index is 2.14. The monoisotopic (exact) mass is 229 g/mol. The van der Waals surface area contributed by atoms with Gasteiger partial charge in [0.1, 0.15) is 10.9 Å². The van der Waals surface area contributed by atoms with Crippen LogP contribution in [0, 0.1) is 5.41 Å². The summed E-state index contributed by atoms with van der Waals surface area (Å²) in [5, 5.41) is 8.16. The van der Waals surface area contributed by atoms with Crippen molar-refractivity contribution in [2.45, 2.75) is 9.92 Å². The predicted molar refractivity (Wildman–Crippen MR) is 65.8 cm³/mol. The van der Waals surface area contributed by atoms with Crippen LogP contribution in [0.25, 0.3) is 0 Å². The van der Waals surface area contributed by atoms with E-state index in [0.29, 0.717) is 5.56 Å². The fourth-order valence-electron chi connectivity index (χ4n) is 1.21. The topological polar surface area (TPSA) is 62.8 Å². The first-order chi connectivity index (χ1) is 7.75. The van der Waals surface area contributed by atoms with E-state index in [1.807, 2.05) is 36.4 Å². The minimum atomic E-state index is 0.0451. The first-order valence-electron chi connectivity index (χ1n) is 4.79. The van der Waals surface area contributed by atoms with E-state index in [0.717, 1.165) is 9.92 Å². The van der Waals surface area contributed by atoms with Crippen LogP contribution >= 0.6 is 11.8 Å². The lowest BCUT2D eigenvalue weighted by Gasteiger charge is -2.01. The number of rotatable bonds is 3. The third-order valence-electron chi connectivity index (χ3n) is 2.01. The van der Waals surface area contributed by atoms with Crippen molar-refractivity contribution in [3.8, 4) is 0 Å². The average Bonchev–Trinajstić information content (AvgIpc) is 2.31. The molecule has 0 atom stereocenters. The number of hydrogen-bond donors (Lipinski definition) is 2. The molecule has 1 heterocycles. The van der Waals surface area contributed by atoms with Gasteiger partial charge >= 0.3 is 0 Å². The normalized spacial score (nSPS) is 10.0. The molecule has 4 heteroatoms. The Morgan fingerprint density at radius 2 is 1.88 bits per heavy atom. The molecule has 3 N–H and O–H groups in total. The molecule has 0 spiro atoms. The van der Waals surface area contributed by atoms with Gasteiger partial charge in [-0.1, -0.05) is 30.0 Å². The molecule has 0 fully saturated rings. The van der Waals surface area contributed by atoms with Gasteiger partial charge in [-0.25, -0.2) is 4.98 Å². The quantitative estimate of drug-likeness (QED) is 0.628. The van der Waals surface area contributed by atoms with Crippen LogP contribution in [0.3, 0.4) is 0 Å². The molecular weight excluding hydrogens is 218 g/mol. The third kappa shape index (κ3) is 2.61. The van der Waals surface area contributed by atoms with Crippen molar-refractivity contribution in [3.63, 3.8) is 0 Å². The molecule has 0 aliphatic rings. The highest BCUT2D eigenvalue weighted by molar-refractivity contribution is 7.99. The van der Waals surface area contributed by atoms with E-state index in [1.165, 1.54) is 0 Å². The smallest absolute Gasteiger partial charge is 0.124 e. The fraction of sp³-hybridized carbons (Fsp3) is 0. The van der Waals surface area contributed by atoms with Crippen molar-refractivity contribution in [1.29, 1.82) is 5.41 Å². The number of hydrogen-bond acceptors (Lipinski definition) is 3. The van der Waals surface area contributed by atoms with Crippen LogP contribution in [0.1, 0.15) is 5.56 Å². The van der Waals surface area contributed by atoms with Gasteiger partial charge in [-0.05, 0) is 24.3 Å². The van der Waals surface area contributed by atoms with Gasteiger partial charge in [0.15, 0.2) is 0 Å². The Bertz CT molecular complexity index is 479. The van der Waals surface area contributed by atoms with Crippen LogP contribution in [0.15, 0.2) is 58.6 Å². The summed E-state index contributed by atoms with van der Waals surface area (Å²) >= 11 is 1.59. The molecule has 0 saturated heterocycles. The molecule has 0 saturated carbocycles. The van der Waals surface area contributed by atoms with Crippen molar-refractivity contribution in [1.82, 2.24) is 4.98 Å². The molecule has 0 radical (unpaired) electrons. The Morgan fingerprint density at radius 1 is 1.12 bits per heavy atom.